The first-order chi connectivity index (χ1) is 11.9. The molecule has 0 bridgehead atoms. The summed E-state index contributed by atoms with van der Waals surface area (Å²) < 4.78 is 1.65. The fourth-order valence-corrected chi connectivity index (χ4v) is 2.83. The minimum atomic E-state index is -0.340. The third kappa shape index (κ3) is 3.90. The molecule has 0 radical (unpaired) electrons. The molecule has 0 unspecified atom stereocenters. The Morgan fingerprint density at radius 3 is 2.20 bits per heavy atom. The summed E-state index contributed by atoms with van der Waals surface area (Å²) in [6.45, 7) is 0. The Hall–Kier alpha value is -2.63. The van der Waals surface area contributed by atoms with Crippen LogP contribution in [0, 0.1) is 0 Å². The monoisotopic (exact) mass is 373 g/mol. The second-order valence-electron chi connectivity index (χ2n) is 5.38. The number of nitrogens with zero attached hydrogens (tertiary/aromatic N) is 2. The van der Waals surface area contributed by atoms with Gasteiger partial charge in [-0.25, -0.2) is 4.98 Å². The van der Waals surface area contributed by atoms with Crippen LogP contribution in [0.3, 0.4) is 0 Å². The first kappa shape index (κ1) is 17.2. The molecule has 0 saturated heterocycles. The van der Waals surface area contributed by atoms with Gasteiger partial charge in [-0.1, -0.05) is 23.2 Å². The molecule has 0 saturated carbocycles. The molecule has 0 aliphatic carbocycles. The van der Waals surface area contributed by atoms with Crippen LogP contribution in [0.5, 0.6) is 0 Å². The number of carbonyl (C=O) groups excluding carboxylic acids is 2. The number of hydrogen-bond donors (Lipinski definition) is 1. The van der Waals surface area contributed by atoms with Crippen molar-refractivity contribution in [3.63, 3.8) is 0 Å². The molecule has 1 amide bonds. The Balaban J connectivity index is 1.75. The van der Waals surface area contributed by atoms with Gasteiger partial charge in [-0.15, -0.1) is 0 Å². The van der Waals surface area contributed by atoms with Crippen molar-refractivity contribution in [2.24, 2.45) is 7.05 Å². The van der Waals surface area contributed by atoms with Crippen LogP contribution >= 0.6 is 23.2 Å². The Labute approximate surface area is 154 Å². The van der Waals surface area contributed by atoms with E-state index in [1.54, 1.807) is 54.3 Å². The zero-order chi connectivity index (χ0) is 18.0. The molecule has 25 heavy (non-hydrogen) atoms. The molecule has 1 N–H and O–H groups in total. The normalized spacial score (nSPS) is 10.5. The summed E-state index contributed by atoms with van der Waals surface area (Å²) in [5, 5.41) is 3.50. The molecule has 3 rings (SSSR count). The molecule has 7 heteroatoms. The molecule has 1 heterocycles. The fourth-order valence-electron chi connectivity index (χ4n) is 2.31. The van der Waals surface area contributed by atoms with E-state index in [9.17, 15) is 9.59 Å². The van der Waals surface area contributed by atoms with E-state index in [4.69, 9.17) is 23.2 Å². The second-order valence-corrected chi connectivity index (χ2v) is 6.25. The van der Waals surface area contributed by atoms with Crippen molar-refractivity contribution in [1.29, 1.82) is 0 Å². The van der Waals surface area contributed by atoms with E-state index in [0.29, 0.717) is 32.7 Å². The zero-order valence-corrected chi connectivity index (χ0v) is 14.7. The van der Waals surface area contributed by atoms with E-state index in [0.717, 1.165) is 0 Å². The number of rotatable bonds is 4. The minimum absolute atomic E-state index is 0.188. The number of benzene rings is 2. The molecule has 2 aromatic carbocycles. The number of imidazole rings is 1. The number of aromatic nitrogens is 2. The standard InChI is InChI=1S/C18H13Cl2N3O2/c1-23-7-6-21-17(23)16(24)11-2-4-15(5-3-11)22-18(25)12-8-13(19)10-14(20)9-12/h2-10H,1H3,(H,22,25). The summed E-state index contributed by atoms with van der Waals surface area (Å²) in [7, 11) is 1.75. The molecule has 0 atom stereocenters. The van der Waals surface area contributed by atoms with Crippen LogP contribution in [0.4, 0.5) is 5.69 Å². The highest BCUT2D eigenvalue weighted by atomic mass is 35.5. The summed E-state index contributed by atoms with van der Waals surface area (Å²) in [4.78, 5) is 28.7. The molecule has 0 spiro atoms. The van der Waals surface area contributed by atoms with Crippen molar-refractivity contribution >= 4 is 40.6 Å². The average Bonchev–Trinajstić information content (AvgIpc) is 3.00. The van der Waals surface area contributed by atoms with Gasteiger partial charge >= 0.3 is 0 Å². The first-order valence-electron chi connectivity index (χ1n) is 7.33. The predicted molar refractivity (Wildman–Crippen MR) is 97.5 cm³/mol. The molecule has 5 nitrogen and oxygen atoms in total. The van der Waals surface area contributed by atoms with Crippen molar-refractivity contribution in [2.75, 3.05) is 5.32 Å². The van der Waals surface area contributed by atoms with Crippen molar-refractivity contribution < 1.29 is 9.59 Å². The van der Waals surface area contributed by atoms with Gasteiger partial charge in [-0.3, -0.25) is 9.59 Å². The molecular formula is C18H13Cl2N3O2. The maximum atomic E-state index is 12.4. The van der Waals surface area contributed by atoms with Gasteiger partial charge in [0.25, 0.3) is 5.91 Å². The smallest absolute Gasteiger partial charge is 0.255 e. The molecular weight excluding hydrogens is 361 g/mol. The topological polar surface area (TPSA) is 64.0 Å². The third-order valence-corrected chi connectivity index (χ3v) is 3.99. The number of amides is 1. The van der Waals surface area contributed by atoms with Crippen molar-refractivity contribution in [3.8, 4) is 0 Å². The Bertz CT molecular complexity index is 929. The molecule has 0 aliphatic rings. The number of nitrogens with one attached hydrogen (secondary N) is 1. The van der Waals surface area contributed by atoms with Crippen molar-refractivity contribution in [1.82, 2.24) is 9.55 Å². The van der Waals surface area contributed by atoms with E-state index in [1.165, 1.54) is 12.1 Å². The Morgan fingerprint density at radius 2 is 1.64 bits per heavy atom. The van der Waals surface area contributed by atoms with Crippen LogP contribution in [0.1, 0.15) is 26.5 Å². The highest BCUT2D eigenvalue weighted by Crippen LogP contribution is 2.20. The van der Waals surface area contributed by atoms with Gasteiger partial charge in [0, 0.05) is 46.3 Å². The maximum Gasteiger partial charge on any atom is 0.255 e. The fraction of sp³-hybridized carbons (Fsp3) is 0.0556. The van der Waals surface area contributed by atoms with Crippen LogP contribution in [-0.2, 0) is 7.05 Å². The third-order valence-electron chi connectivity index (χ3n) is 3.55. The van der Waals surface area contributed by atoms with Gasteiger partial charge in [0.2, 0.25) is 5.78 Å². The summed E-state index contributed by atoms with van der Waals surface area (Å²) in [5.74, 6) is -0.176. The molecule has 0 aliphatic heterocycles. The van der Waals surface area contributed by atoms with Gasteiger partial charge in [-0.05, 0) is 42.5 Å². The van der Waals surface area contributed by atoms with Gasteiger partial charge < -0.3 is 9.88 Å². The lowest BCUT2D eigenvalue weighted by Crippen LogP contribution is -2.12. The largest absolute Gasteiger partial charge is 0.331 e. The number of hydrogen-bond acceptors (Lipinski definition) is 3. The van der Waals surface area contributed by atoms with Crippen LogP contribution in [0.25, 0.3) is 0 Å². The molecule has 1 aromatic heterocycles. The molecule has 126 valence electrons. The SMILES string of the molecule is Cn1ccnc1C(=O)c1ccc(NC(=O)c2cc(Cl)cc(Cl)c2)cc1. The summed E-state index contributed by atoms with van der Waals surface area (Å²) in [6.07, 6.45) is 3.27. The highest BCUT2D eigenvalue weighted by molar-refractivity contribution is 6.35. The molecule has 3 aromatic rings. The van der Waals surface area contributed by atoms with Crippen molar-refractivity contribution in [2.45, 2.75) is 0 Å². The lowest BCUT2D eigenvalue weighted by atomic mass is 10.1. The number of ketones is 1. The van der Waals surface area contributed by atoms with Gasteiger partial charge in [0.05, 0.1) is 0 Å². The van der Waals surface area contributed by atoms with E-state index < -0.39 is 0 Å². The van der Waals surface area contributed by atoms with E-state index >= 15 is 0 Å². The lowest BCUT2D eigenvalue weighted by Gasteiger charge is -2.07. The van der Waals surface area contributed by atoms with Gasteiger partial charge in [0.1, 0.15) is 0 Å². The van der Waals surface area contributed by atoms with E-state index in [-0.39, 0.29) is 11.7 Å². The van der Waals surface area contributed by atoms with Crippen LogP contribution < -0.4 is 5.32 Å². The molecule has 0 fully saturated rings. The highest BCUT2D eigenvalue weighted by Gasteiger charge is 2.14. The zero-order valence-electron chi connectivity index (χ0n) is 13.2. The first-order valence-corrected chi connectivity index (χ1v) is 8.09. The second kappa shape index (κ2) is 7.09. The van der Waals surface area contributed by atoms with Crippen molar-refractivity contribution in [3.05, 3.63) is 81.9 Å². The number of anilines is 1. The predicted octanol–water partition coefficient (Wildman–Crippen LogP) is 4.21. The van der Waals surface area contributed by atoms with Crippen LogP contribution in [0.2, 0.25) is 10.0 Å². The van der Waals surface area contributed by atoms with E-state index in [2.05, 4.69) is 10.3 Å². The van der Waals surface area contributed by atoms with Crippen LogP contribution in [-0.4, -0.2) is 21.2 Å². The summed E-state index contributed by atoms with van der Waals surface area (Å²) in [5.41, 5.74) is 1.39. The minimum Gasteiger partial charge on any atom is -0.331 e. The summed E-state index contributed by atoms with van der Waals surface area (Å²) in [6, 6.07) is 11.2. The Kier molecular flexibility index (Phi) is 4.88. The number of halogens is 2. The maximum absolute atomic E-state index is 12.4. The quantitative estimate of drug-likeness (QED) is 0.696. The van der Waals surface area contributed by atoms with Gasteiger partial charge in [0.15, 0.2) is 5.82 Å². The van der Waals surface area contributed by atoms with E-state index in [1.807, 2.05) is 0 Å². The number of carbonyl (C=O) groups is 2. The average molecular weight is 374 g/mol. The number of aryl methyl sites for hydroxylation is 1. The Morgan fingerprint density at radius 1 is 1.00 bits per heavy atom. The van der Waals surface area contributed by atoms with Crippen LogP contribution in [0.15, 0.2) is 54.9 Å². The lowest BCUT2D eigenvalue weighted by molar-refractivity contribution is 0.102. The summed E-state index contributed by atoms with van der Waals surface area (Å²) >= 11 is 11.8. The van der Waals surface area contributed by atoms with Gasteiger partial charge in [-0.2, -0.15) is 0 Å².